The highest BCUT2D eigenvalue weighted by molar-refractivity contribution is 9.10. The van der Waals surface area contributed by atoms with Gasteiger partial charge in [0.05, 0.1) is 18.4 Å². The Morgan fingerprint density at radius 2 is 2.00 bits per heavy atom. The van der Waals surface area contributed by atoms with Gasteiger partial charge >= 0.3 is 0 Å². The molecule has 0 spiro atoms. The standard InChI is InChI=1S/C17H18BrNO2/c1-12(20)14-11-13(18)7-8-15(14)19-9-4-10-21-17-6-3-2-5-16(17)19/h2-3,5-8,11-12,20H,4,9-10H2,1H3. The lowest BCUT2D eigenvalue weighted by Crippen LogP contribution is -2.19. The molecule has 2 aromatic rings. The molecular weight excluding hydrogens is 330 g/mol. The second-order valence-electron chi connectivity index (χ2n) is 5.20. The number of aliphatic hydroxyl groups excluding tert-OH is 1. The number of benzene rings is 2. The summed E-state index contributed by atoms with van der Waals surface area (Å²) < 4.78 is 6.78. The molecule has 0 amide bonds. The summed E-state index contributed by atoms with van der Waals surface area (Å²) in [5.41, 5.74) is 3.01. The van der Waals surface area contributed by atoms with Crippen molar-refractivity contribution in [2.24, 2.45) is 0 Å². The van der Waals surface area contributed by atoms with Crippen molar-refractivity contribution in [1.29, 1.82) is 0 Å². The van der Waals surface area contributed by atoms with E-state index in [1.807, 2.05) is 36.4 Å². The van der Waals surface area contributed by atoms with Gasteiger partial charge in [0, 0.05) is 22.3 Å². The van der Waals surface area contributed by atoms with E-state index in [2.05, 4.69) is 26.9 Å². The van der Waals surface area contributed by atoms with Crippen LogP contribution in [0.5, 0.6) is 5.75 Å². The molecular formula is C17H18BrNO2. The fourth-order valence-electron chi connectivity index (χ4n) is 2.68. The molecule has 3 rings (SSSR count). The molecule has 1 atom stereocenters. The van der Waals surface area contributed by atoms with Crippen LogP contribution >= 0.6 is 15.9 Å². The summed E-state index contributed by atoms with van der Waals surface area (Å²) in [6.45, 7) is 3.39. The number of fused-ring (bicyclic) bond motifs is 1. The number of halogens is 1. The lowest BCUT2D eigenvalue weighted by atomic mass is 10.1. The molecule has 110 valence electrons. The Morgan fingerprint density at radius 1 is 1.19 bits per heavy atom. The third-order valence-electron chi connectivity index (χ3n) is 3.67. The average molecular weight is 348 g/mol. The highest BCUT2D eigenvalue weighted by Gasteiger charge is 2.21. The van der Waals surface area contributed by atoms with Crippen molar-refractivity contribution in [2.75, 3.05) is 18.1 Å². The normalized spacial score (nSPS) is 15.9. The van der Waals surface area contributed by atoms with Crippen LogP contribution in [0.25, 0.3) is 0 Å². The molecule has 0 fully saturated rings. The first-order valence-electron chi connectivity index (χ1n) is 7.13. The van der Waals surface area contributed by atoms with Crippen LogP contribution in [-0.2, 0) is 0 Å². The van der Waals surface area contributed by atoms with E-state index < -0.39 is 6.10 Å². The first-order valence-corrected chi connectivity index (χ1v) is 7.93. The predicted molar refractivity (Wildman–Crippen MR) is 88.3 cm³/mol. The number of nitrogens with zero attached hydrogens (tertiary/aromatic N) is 1. The summed E-state index contributed by atoms with van der Waals surface area (Å²) in [4.78, 5) is 2.23. The van der Waals surface area contributed by atoms with Crippen LogP contribution in [0, 0.1) is 0 Å². The summed E-state index contributed by atoms with van der Waals surface area (Å²) in [5.74, 6) is 0.898. The van der Waals surface area contributed by atoms with E-state index in [0.29, 0.717) is 6.61 Å². The van der Waals surface area contributed by atoms with Crippen molar-refractivity contribution in [3.8, 4) is 5.75 Å². The number of ether oxygens (including phenoxy) is 1. The molecule has 1 N–H and O–H groups in total. The summed E-state index contributed by atoms with van der Waals surface area (Å²) in [7, 11) is 0. The van der Waals surface area contributed by atoms with Gasteiger partial charge in [-0.3, -0.25) is 0 Å². The van der Waals surface area contributed by atoms with Gasteiger partial charge in [-0.15, -0.1) is 0 Å². The molecule has 0 radical (unpaired) electrons. The molecule has 0 bridgehead atoms. The van der Waals surface area contributed by atoms with Crippen LogP contribution < -0.4 is 9.64 Å². The van der Waals surface area contributed by atoms with Crippen molar-refractivity contribution in [1.82, 2.24) is 0 Å². The van der Waals surface area contributed by atoms with Crippen LogP contribution in [0.1, 0.15) is 25.0 Å². The van der Waals surface area contributed by atoms with Gasteiger partial charge in [-0.1, -0.05) is 28.1 Å². The van der Waals surface area contributed by atoms with Crippen molar-refractivity contribution in [3.05, 3.63) is 52.5 Å². The van der Waals surface area contributed by atoms with Gasteiger partial charge in [-0.05, 0) is 43.7 Å². The van der Waals surface area contributed by atoms with E-state index in [4.69, 9.17) is 4.74 Å². The van der Waals surface area contributed by atoms with Gasteiger partial charge in [0.25, 0.3) is 0 Å². The minimum Gasteiger partial charge on any atom is -0.491 e. The van der Waals surface area contributed by atoms with E-state index in [9.17, 15) is 5.11 Å². The van der Waals surface area contributed by atoms with E-state index in [-0.39, 0.29) is 0 Å². The van der Waals surface area contributed by atoms with Crippen LogP contribution in [0.4, 0.5) is 11.4 Å². The fourth-order valence-corrected chi connectivity index (χ4v) is 3.06. The third-order valence-corrected chi connectivity index (χ3v) is 4.16. The van der Waals surface area contributed by atoms with Crippen molar-refractivity contribution in [2.45, 2.75) is 19.4 Å². The van der Waals surface area contributed by atoms with Gasteiger partial charge in [0.15, 0.2) is 0 Å². The fraction of sp³-hybridized carbons (Fsp3) is 0.294. The zero-order valence-electron chi connectivity index (χ0n) is 11.9. The summed E-state index contributed by atoms with van der Waals surface area (Å²) in [5, 5.41) is 10.1. The van der Waals surface area contributed by atoms with Crippen LogP contribution in [-0.4, -0.2) is 18.3 Å². The second kappa shape index (κ2) is 6.08. The topological polar surface area (TPSA) is 32.7 Å². The van der Waals surface area contributed by atoms with Crippen LogP contribution in [0.2, 0.25) is 0 Å². The number of anilines is 2. The SMILES string of the molecule is CC(O)c1cc(Br)ccc1N1CCCOc2ccccc21. The molecule has 1 unspecified atom stereocenters. The molecule has 0 aliphatic carbocycles. The number of hydrogen-bond donors (Lipinski definition) is 1. The monoisotopic (exact) mass is 347 g/mol. The largest absolute Gasteiger partial charge is 0.491 e. The quantitative estimate of drug-likeness (QED) is 0.872. The van der Waals surface area contributed by atoms with Crippen molar-refractivity contribution in [3.63, 3.8) is 0 Å². The minimum absolute atomic E-state index is 0.520. The van der Waals surface area contributed by atoms with Gasteiger partial charge in [0.2, 0.25) is 0 Å². The Labute approximate surface area is 133 Å². The highest BCUT2D eigenvalue weighted by atomic mass is 79.9. The molecule has 0 aromatic heterocycles. The van der Waals surface area contributed by atoms with E-state index >= 15 is 0 Å². The minimum atomic E-state index is -0.520. The maximum atomic E-state index is 10.1. The van der Waals surface area contributed by atoms with Crippen molar-refractivity contribution < 1.29 is 9.84 Å². The first-order chi connectivity index (χ1) is 10.2. The smallest absolute Gasteiger partial charge is 0.142 e. The summed E-state index contributed by atoms with van der Waals surface area (Å²) >= 11 is 3.48. The first kappa shape index (κ1) is 14.4. The number of rotatable bonds is 2. The van der Waals surface area contributed by atoms with Gasteiger partial charge in [-0.2, -0.15) is 0 Å². The Kier molecular flexibility index (Phi) is 4.17. The maximum Gasteiger partial charge on any atom is 0.142 e. The van der Waals surface area contributed by atoms with Crippen LogP contribution in [0.15, 0.2) is 46.9 Å². The molecule has 1 aliphatic heterocycles. The summed E-state index contributed by atoms with van der Waals surface area (Å²) in [6, 6.07) is 14.1. The summed E-state index contributed by atoms with van der Waals surface area (Å²) in [6.07, 6.45) is 0.429. The van der Waals surface area contributed by atoms with E-state index in [1.54, 1.807) is 6.92 Å². The van der Waals surface area contributed by atoms with E-state index in [0.717, 1.165) is 40.1 Å². The van der Waals surface area contributed by atoms with Crippen LogP contribution in [0.3, 0.4) is 0 Å². The molecule has 2 aromatic carbocycles. The molecule has 4 heteroatoms. The zero-order chi connectivity index (χ0) is 14.8. The molecule has 0 saturated carbocycles. The Morgan fingerprint density at radius 3 is 2.81 bits per heavy atom. The van der Waals surface area contributed by atoms with Gasteiger partial charge in [0.1, 0.15) is 5.75 Å². The maximum absolute atomic E-state index is 10.1. The highest BCUT2D eigenvalue weighted by Crippen LogP contribution is 2.39. The Hall–Kier alpha value is -1.52. The lowest BCUT2D eigenvalue weighted by molar-refractivity contribution is 0.199. The number of para-hydroxylation sites is 2. The van der Waals surface area contributed by atoms with Gasteiger partial charge in [-0.25, -0.2) is 0 Å². The van der Waals surface area contributed by atoms with Crippen molar-refractivity contribution >= 4 is 27.3 Å². The number of aliphatic hydroxyl groups is 1. The average Bonchev–Trinajstić information content (AvgIpc) is 2.69. The van der Waals surface area contributed by atoms with Gasteiger partial charge < -0.3 is 14.7 Å². The predicted octanol–water partition coefficient (Wildman–Crippen LogP) is 4.42. The second-order valence-corrected chi connectivity index (χ2v) is 6.12. The van der Waals surface area contributed by atoms with E-state index in [1.165, 1.54) is 0 Å². The molecule has 1 heterocycles. The molecule has 3 nitrogen and oxygen atoms in total. The lowest BCUT2D eigenvalue weighted by Gasteiger charge is -2.27. The molecule has 1 aliphatic rings. The Bertz CT molecular complexity index is 642. The molecule has 21 heavy (non-hydrogen) atoms. The zero-order valence-corrected chi connectivity index (χ0v) is 13.5. The Balaban J connectivity index is 2.12. The molecule has 0 saturated heterocycles. The third kappa shape index (κ3) is 2.92. The number of hydrogen-bond acceptors (Lipinski definition) is 3.